The fourth-order valence-corrected chi connectivity index (χ4v) is 4.00. The minimum Gasteiger partial charge on any atom is -0.411 e. The smallest absolute Gasteiger partial charge is 0.277 e. The fourth-order valence-electron chi connectivity index (χ4n) is 3.34. The van der Waals surface area contributed by atoms with E-state index in [1.807, 2.05) is 30.9 Å². The Bertz CT molecular complexity index is 965. The summed E-state index contributed by atoms with van der Waals surface area (Å²) in [5, 5.41) is 8.60. The molecule has 150 valence electrons. The lowest BCUT2D eigenvalue weighted by Crippen LogP contribution is -2.49. The van der Waals surface area contributed by atoms with Crippen LogP contribution in [-0.2, 0) is 4.79 Å². The van der Waals surface area contributed by atoms with Gasteiger partial charge in [0.1, 0.15) is 5.82 Å². The third-order valence-electron chi connectivity index (χ3n) is 4.70. The predicted molar refractivity (Wildman–Crippen MR) is 111 cm³/mol. The summed E-state index contributed by atoms with van der Waals surface area (Å²) in [6.07, 6.45) is 5.08. The van der Waals surface area contributed by atoms with Crippen LogP contribution < -0.4 is 4.90 Å². The van der Waals surface area contributed by atoms with Crippen LogP contribution in [0.1, 0.15) is 11.1 Å². The summed E-state index contributed by atoms with van der Waals surface area (Å²) in [5.74, 6) is 1.67. The highest BCUT2D eigenvalue weighted by Gasteiger charge is 2.22. The largest absolute Gasteiger partial charge is 0.411 e. The molecule has 1 aromatic carbocycles. The van der Waals surface area contributed by atoms with E-state index in [1.165, 1.54) is 11.8 Å². The van der Waals surface area contributed by atoms with E-state index in [2.05, 4.69) is 31.1 Å². The molecule has 1 aliphatic heterocycles. The number of anilines is 1. The number of nitrogens with zero attached hydrogens (tertiary/aromatic N) is 6. The van der Waals surface area contributed by atoms with E-state index >= 15 is 0 Å². The van der Waals surface area contributed by atoms with Crippen LogP contribution in [0.25, 0.3) is 11.5 Å². The van der Waals surface area contributed by atoms with Crippen molar-refractivity contribution in [3.8, 4) is 11.5 Å². The molecule has 4 rings (SSSR count). The average molecular weight is 411 g/mol. The molecule has 9 heteroatoms. The number of thioether (sulfide) groups is 1. The molecule has 1 saturated heterocycles. The number of amides is 1. The number of rotatable bonds is 5. The van der Waals surface area contributed by atoms with Gasteiger partial charge in [0.2, 0.25) is 11.8 Å². The maximum Gasteiger partial charge on any atom is 0.277 e. The monoisotopic (exact) mass is 410 g/mol. The number of hydrogen-bond donors (Lipinski definition) is 0. The Morgan fingerprint density at radius 1 is 1.07 bits per heavy atom. The summed E-state index contributed by atoms with van der Waals surface area (Å²) in [6, 6.07) is 6.12. The highest BCUT2D eigenvalue weighted by molar-refractivity contribution is 7.99. The first-order valence-electron chi connectivity index (χ1n) is 9.42. The van der Waals surface area contributed by atoms with Gasteiger partial charge in [-0.05, 0) is 26.0 Å². The normalized spacial score (nSPS) is 14.3. The van der Waals surface area contributed by atoms with Crippen molar-refractivity contribution < 1.29 is 9.21 Å². The Morgan fingerprint density at radius 2 is 1.83 bits per heavy atom. The standard InChI is InChI=1S/C20H22N6O2S/c1-14-9-15(2)11-16(10-14)19-23-24-20(28-19)29-13-18(27)26-7-5-25(6-8-26)17-12-21-3-4-22-17/h3-4,9-12H,5-8,13H2,1-2H3. The number of hydrogen-bond acceptors (Lipinski definition) is 8. The molecule has 0 saturated carbocycles. The zero-order valence-corrected chi connectivity index (χ0v) is 17.2. The number of carbonyl (C=O) groups is 1. The van der Waals surface area contributed by atoms with Crippen LogP contribution in [0.5, 0.6) is 0 Å². The summed E-state index contributed by atoms with van der Waals surface area (Å²) >= 11 is 1.28. The van der Waals surface area contributed by atoms with Gasteiger partial charge in [0.05, 0.1) is 11.9 Å². The maximum absolute atomic E-state index is 12.5. The van der Waals surface area contributed by atoms with Crippen LogP contribution in [-0.4, -0.2) is 62.9 Å². The lowest BCUT2D eigenvalue weighted by Gasteiger charge is -2.35. The molecule has 2 aromatic heterocycles. The van der Waals surface area contributed by atoms with E-state index in [0.29, 0.717) is 24.2 Å². The molecule has 0 radical (unpaired) electrons. The van der Waals surface area contributed by atoms with Crippen LogP contribution in [0.4, 0.5) is 5.82 Å². The zero-order valence-electron chi connectivity index (χ0n) is 16.4. The van der Waals surface area contributed by atoms with E-state index in [0.717, 1.165) is 35.6 Å². The quantitative estimate of drug-likeness (QED) is 0.593. The first-order chi connectivity index (χ1) is 14.1. The van der Waals surface area contributed by atoms with Crippen molar-refractivity contribution in [3.05, 3.63) is 47.9 Å². The molecule has 0 N–H and O–H groups in total. The molecule has 0 bridgehead atoms. The van der Waals surface area contributed by atoms with Crippen LogP contribution in [0.2, 0.25) is 0 Å². The zero-order chi connectivity index (χ0) is 20.2. The van der Waals surface area contributed by atoms with Gasteiger partial charge in [0.15, 0.2) is 0 Å². The molecule has 3 heterocycles. The van der Waals surface area contributed by atoms with Crippen molar-refractivity contribution in [2.45, 2.75) is 19.1 Å². The average Bonchev–Trinajstić information content (AvgIpc) is 3.21. The number of aromatic nitrogens is 4. The molecule has 1 fully saturated rings. The lowest BCUT2D eigenvalue weighted by molar-refractivity contribution is -0.128. The van der Waals surface area contributed by atoms with Gasteiger partial charge in [-0.3, -0.25) is 9.78 Å². The van der Waals surface area contributed by atoms with Gasteiger partial charge in [0.25, 0.3) is 5.22 Å². The van der Waals surface area contributed by atoms with Crippen LogP contribution in [0.3, 0.4) is 0 Å². The Kier molecular flexibility index (Phi) is 5.75. The number of benzene rings is 1. The minimum atomic E-state index is 0.0694. The molecule has 0 aliphatic carbocycles. The Hall–Kier alpha value is -2.94. The third kappa shape index (κ3) is 4.73. The molecule has 0 unspecified atom stereocenters. The number of piperazine rings is 1. The van der Waals surface area contributed by atoms with Crippen LogP contribution >= 0.6 is 11.8 Å². The summed E-state index contributed by atoms with van der Waals surface area (Å²) in [6.45, 7) is 6.87. The van der Waals surface area contributed by atoms with E-state index in [1.54, 1.807) is 18.6 Å². The third-order valence-corrected chi connectivity index (χ3v) is 5.50. The summed E-state index contributed by atoms with van der Waals surface area (Å²) < 4.78 is 5.74. The SMILES string of the molecule is Cc1cc(C)cc(-c2nnc(SCC(=O)N3CCN(c4cnccn4)CC3)o2)c1. The maximum atomic E-state index is 12.5. The molecule has 8 nitrogen and oxygen atoms in total. The van der Waals surface area contributed by atoms with E-state index < -0.39 is 0 Å². The van der Waals surface area contributed by atoms with Crippen molar-refractivity contribution in [2.75, 3.05) is 36.8 Å². The van der Waals surface area contributed by atoms with Gasteiger partial charge in [-0.25, -0.2) is 4.98 Å². The van der Waals surface area contributed by atoms with Crippen LogP contribution in [0.15, 0.2) is 46.4 Å². The van der Waals surface area contributed by atoms with Gasteiger partial charge >= 0.3 is 0 Å². The summed E-state index contributed by atoms with van der Waals surface area (Å²) in [7, 11) is 0. The predicted octanol–water partition coefficient (Wildman–Crippen LogP) is 2.58. The van der Waals surface area contributed by atoms with Gasteiger partial charge in [-0.1, -0.05) is 29.0 Å². The lowest BCUT2D eigenvalue weighted by atomic mass is 10.1. The molecular formula is C20H22N6O2S. The molecule has 0 atom stereocenters. The fraction of sp³-hybridized carbons (Fsp3) is 0.350. The first-order valence-corrected chi connectivity index (χ1v) is 10.4. The van der Waals surface area contributed by atoms with Gasteiger partial charge < -0.3 is 14.2 Å². The summed E-state index contributed by atoms with van der Waals surface area (Å²) in [5.41, 5.74) is 3.18. The van der Waals surface area contributed by atoms with Crippen molar-refractivity contribution in [1.82, 2.24) is 25.1 Å². The molecule has 29 heavy (non-hydrogen) atoms. The van der Waals surface area contributed by atoms with Gasteiger partial charge in [0, 0.05) is 44.1 Å². The summed E-state index contributed by atoms with van der Waals surface area (Å²) in [4.78, 5) is 25.0. The number of carbonyl (C=O) groups excluding carboxylic acids is 1. The van der Waals surface area contributed by atoms with Crippen molar-refractivity contribution in [1.29, 1.82) is 0 Å². The van der Waals surface area contributed by atoms with E-state index in [4.69, 9.17) is 4.42 Å². The highest BCUT2D eigenvalue weighted by atomic mass is 32.2. The Morgan fingerprint density at radius 3 is 2.52 bits per heavy atom. The van der Waals surface area contributed by atoms with Crippen molar-refractivity contribution in [3.63, 3.8) is 0 Å². The topological polar surface area (TPSA) is 88.3 Å². The molecule has 0 spiro atoms. The molecule has 1 aliphatic rings. The molecule has 1 amide bonds. The highest BCUT2D eigenvalue weighted by Crippen LogP contribution is 2.25. The van der Waals surface area contributed by atoms with E-state index in [-0.39, 0.29) is 11.7 Å². The van der Waals surface area contributed by atoms with Crippen molar-refractivity contribution in [2.24, 2.45) is 0 Å². The van der Waals surface area contributed by atoms with Gasteiger partial charge in [-0.15, -0.1) is 10.2 Å². The Labute approximate surface area is 173 Å². The second-order valence-corrected chi connectivity index (χ2v) is 7.90. The molecular weight excluding hydrogens is 388 g/mol. The van der Waals surface area contributed by atoms with Crippen molar-refractivity contribution >= 4 is 23.5 Å². The van der Waals surface area contributed by atoms with Crippen LogP contribution in [0, 0.1) is 13.8 Å². The Balaban J connectivity index is 1.30. The second kappa shape index (κ2) is 8.60. The minimum absolute atomic E-state index is 0.0694. The molecule has 3 aromatic rings. The van der Waals surface area contributed by atoms with E-state index in [9.17, 15) is 4.79 Å². The number of aryl methyl sites for hydroxylation is 2. The second-order valence-electron chi connectivity index (χ2n) is 6.97. The van der Waals surface area contributed by atoms with Gasteiger partial charge in [-0.2, -0.15) is 0 Å². The first kappa shape index (κ1) is 19.4.